The zero-order valence-electron chi connectivity index (χ0n) is 14.6. The summed E-state index contributed by atoms with van der Waals surface area (Å²) < 4.78 is 0.843. The van der Waals surface area contributed by atoms with Crippen LogP contribution in [0, 0.1) is 6.92 Å². The van der Waals surface area contributed by atoms with Crippen molar-refractivity contribution in [1.82, 2.24) is 15.0 Å². The van der Waals surface area contributed by atoms with Crippen molar-refractivity contribution in [3.8, 4) is 11.4 Å². The fourth-order valence-electron chi connectivity index (χ4n) is 3.11. The lowest BCUT2D eigenvalue weighted by Gasteiger charge is -2.18. The first-order valence-corrected chi connectivity index (χ1v) is 8.94. The maximum Gasteiger partial charge on any atom is 0.251 e. The lowest BCUT2D eigenvalue weighted by atomic mass is 9.98. The zero-order chi connectivity index (χ0) is 18.4. The van der Waals surface area contributed by atoms with Gasteiger partial charge in [-0.05, 0) is 12.5 Å². The molecule has 0 radical (unpaired) electrons. The van der Waals surface area contributed by atoms with Crippen LogP contribution in [-0.4, -0.2) is 35.0 Å². The molecule has 0 saturated heterocycles. The molecule has 1 amide bonds. The van der Waals surface area contributed by atoms with Gasteiger partial charge >= 0.3 is 0 Å². The highest BCUT2D eigenvalue weighted by Gasteiger charge is 2.18. The Morgan fingerprint density at radius 1 is 1.19 bits per heavy atom. The molecule has 0 fully saturated rings. The number of carbonyl (C=O) groups excluding carboxylic acids is 1. The Bertz CT molecular complexity index is 1170. The number of amides is 1. The van der Waals surface area contributed by atoms with Gasteiger partial charge in [0.15, 0.2) is 5.82 Å². The summed E-state index contributed by atoms with van der Waals surface area (Å²) >= 11 is 1.42. The molecule has 130 valence electrons. The van der Waals surface area contributed by atoms with Crippen LogP contribution in [-0.2, 0) is 0 Å². The predicted molar refractivity (Wildman–Crippen MR) is 106 cm³/mol. The molecule has 0 atom stereocenters. The first-order chi connectivity index (χ1) is 12.5. The van der Waals surface area contributed by atoms with Crippen LogP contribution in [0.4, 0.5) is 5.69 Å². The van der Waals surface area contributed by atoms with Crippen LogP contribution in [0.2, 0.25) is 0 Å². The second kappa shape index (κ2) is 6.03. The summed E-state index contributed by atoms with van der Waals surface area (Å²) in [7, 11) is 3.97. The van der Waals surface area contributed by atoms with E-state index in [-0.39, 0.29) is 0 Å². The van der Waals surface area contributed by atoms with E-state index in [0.29, 0.717) is 16.9 Å². The van der Waals surface area contributed by atoms with Crippen LogP contribution in [0.1, 0.15) is 15.9 Å². The number of aryl methyl sites for hydroxylation is 1. The van der Waals surface area contributed by atoms with Crippen molar-refractivity contribution in [1.29, 1.82) is 0 Å². The summed E-state index contributed by atoms with van der Waals surface area (Å²) in [6.45, 7) is 2.03. The molecule has 3 heterocycles. The van der Waals surface area contributed by atoms with E-state index in [2.05, 4.69) is 9.97 Å². The molecule has 3 aromatic heterocycles. The van der Waals surface area contributed by atoms with Crippen molar-refractivity contribution in [2.24, 2.45) is 5.73 Å². The number of carbonyl (C=O) groups is 1. The minimum atomic E-state index is -0.478. The van der Waals surface area contributed by atoms with E-state index >= 15 is 0 Å². The molecule has 4 rings (SSSR count). The highest BCUT2D eigenvalue weighted by molar-refractivity contribution is 7.17. The van der Waals surface area contributed by atoms with Crippen LogP contribution in [0.25, 0.3) is 32.4 Å². The predicted octanol–water partition coefficient (Wildman–Crippen LogP) is 3.38. The molecular formula is C19H17N5OS. The number of benzene rings is 1. The topological polar surface area (TPSA) is 85.0 Å². The van der Waals surface area contributed by atoms with Gasteiger partial charge in [-0.15, -0.1) is 11.3 Å². The number of pyridine rings is 1. The highest BCUT2D eigenvalue weighted by Crippen LogP contribution is 2.36. The normalized spacial score (nSPS) is 11.2. The van der Waals surface area contributed by atoms with Crippen LogP contribution >= 0.6 is 11.3 Å². The monoisotopic (exact) mass is 363 g/mol. The van der Waals surface area contributed by atoms with Crippen LogP contribution in [0.3, 0.4) is 0 Å². The molecule has 1 aromatic carbocycles. The molecule has 26 heavy (non-hydrogen) atoms. The Balaban J connectivity index is 2.08. The van der Waals surface area contributed by atoms with Gasteiger partial charge < -0.3 is 10.6 Å². The molecular weight excluding hydrogens is 346 g/mol. The van der Waals surface area contributed by atoms with Crippen LogP contribution in [0.15, 0.2) is 36.1 Å². The SMILES string of the molecule is Cc1ccc2cncc(N(C)C)c2c1-c1ncc2scc(C(N)=O)c2n1. The van der Waals surface area contributed by atoms with E-state index in [9.17, 15) is 4.79 Å². The van der Waals surface area contributed by atoms with E-state index < -0.39 is 5.91 Å². The third kappa shape index (κ3) is 2.48. The van der Waals surface area contributed by atoms with Gasteiger partial charge in [0.1, 0.15) is 0 Å². The van der Waals surface area contributed by atoms with Crippen LogP contribution < -0.4 is 10.6 Å². The molecule has 0 aliphatic rings. The van der Waals surface area contributed by atoms with Crippen molar-refractivity contribution in [2.45, 2.75) is 6.92 Å². The number of aromatic nitrogens is 3. The molecule has 0 aliphatic carbocycles. The van der Waals surface area contributed by atoms with Gasteiger partial charge in [-0.25, -0.2) is 9.97 Å². The second-order valence-corrected chi connectivity index (χ2v) is 7.24. The summed E-state index contributed by atoms with van der Waals surface area (Å²) in [5.74, 6) is 0.101. The van der Waals surface area contributed by atoms with Crippen molar-refractivity contribution >= 4 is 43.9 Å². The van der Waals surface area contributed by atoms with Gasteiger partial charge in [0.25, 0.3) is 5.91 Å². The van der Waals surface area contributed by atoms with E-state index in [0.717, 1.165) is 32.3 Å². The van der Waals surface area contributed by atoms with Gasteiger partial charge in [-0.3, -0.25) is 9.78 Å². The zero-order valence-corrected chi connectivity index (χ0v) is 15.5. The number of nitrogens with zero attached hydrogens (tertiary/aromatic N) is 4. The van der Waals surface area contributed by atoms with Gasteiger partial charge in [0, 0.05) is 48.2 Å². The largest absolute Gasteiger partial charge is 0.376 e. The smallest absolute Gasteiger partial charge is 0.251 e. The maximum atomic E-state index is 11.7. The maximum absolute atomic E-state index is 11.7. The molecule has 7 heteroatoms. The van der Waals surface area contributed by atoms with Crippen molar-refractivity contribution in [2.75, 3.05) is 19.0 Å². The van der Waals surface area contributed by atoms with Gasteiger partial charge in [-0.1, -0.05) is 12.1 Å². The van der Waals surface area contributed by atoms with Crippen molar-refractivity contribution < 1.29 is 4.79 Å². The minimum Gasteiger partial charge on any atom is -0.376 e. The summed E-state index contributed by atoms with van der Waals surface area (Å²) in [6, 6.07) is 4.08. The number of hydrogen-bond acceptors (Lipinski definition) is 6. The van der Waals surface area contributed by atoms with Crippen molar-refractivity contribution in [3.63, 3.8) is 0 Å². The molecule has 4 aromatic rings. The Morgan fingerprint density at radius 2 is 2.00 bits per heavy atom. The molecule has 2 N–H and O–H groups in total. The number of primary amides is 1. The molecule has 0 bridgehead atoms. The Morgan fingerprint density at radius 3 is 2.73 bits per heavy atom. The van der Waals surface area contributed by atoms with E-state index in [1.807, 2.05) is 50.4 Å². The van der Waals surface area contributed by atoms with E-state index in [4.69, 9.17) is 10.7 Å². The number of anilines is 1. The molecule has 0 spiro atoms. The lowest BCUT2D eigenvalue weighted by molar-refractivity contribution is 0.100. The second-order valence-electron chi connectivity index (χ2n) is 6.33. The average molecular weight is 363 g/mol. The number of rotatable bonds is 3. The summed E-state index contributed by atoms with van der Waals surface area (Å²) in [6.07, 6.45) is 5.43. The fourth-order valence-corrected chi connectivity index (χ4v) is 3.96. The first-order valence-electron chi connectivity index (χ1n) is 8.06. The quantitative estimate of drug-likeness (QED) is 0.603. The number of hydrogen-bond donors (Lipinski definition) is 1. The standard InChI is InChI=1S/C19H17N5OS/c1-10-4-5-11-6-21-7-13(24(2)3)16(11)15(10)19-22-8-14-17(23-19)12(9-26-14)18(20)25/h4-9H,1-3H3,(H2,20,25). The van der Waals surface area contributed by atoms with Crippen molar-refractivity contribution in [3.05, 3.63) is 47.2 Å². The minimum absolute atomic E-state index is 0.432. The average Bonchev–Trinajstić information content (AvgIpc) is 3.04. The third-order valence-corrected chi connectivity index (χ3v) is 5.30. The molecule has 0 saturated carbocycles. The Hall–Kier alpha value is -3.06. The summed E-state index contributed by atoms with van der Waals surface area (Å²) in [5, 5.41) is 3.79. The number of thiophene rings is 1. The van der Waals surface area contributed by atoms with E-state index in [1.165, 1.54) is 11.3 Å². The highest BCUT2D eigenvalue weighted by atomic mass is 32.1. The summed E-state index contributed by atoms with van der Waals surface area (Å²) in [4.78, 5) is 27.3. The molecule has 0 aliphatic heterocycles. The third-order valence-electron chi connectivity index (χ3n) is 4.40. The van der Waals surface area contributed by atoms with Gasteiger partial charge in [0.2, 0.25) is 0 Å². The number of fused-ring (bicyclic) bond motifs is 2. The van der Waals surface area contributed by atoms with E-state index in [1.54, 1.807) is 11.6 Å². The van der Waals surface area contributed by atoms with Gasteiger partial charge in [-0.2, -0.15) is 0 Å². The Labute approximate surface area is 154 Å². The fraction of sp³-hybridized carbons (Fsp3) is 0.158. The molecule has 0 unspecified atom stereocenters. The molecule has 6 nitrogen and oxygen atoms in total. The lowest BCUT2D eigenvalue weighted by Crippen LogP contribution is -2.11. The summed E-state index contributed by atoms with van der Waals surface area (Å²) in [5.41, 5.74) is 9.51. The Kier molecular flexibility index (Phi) is 3.81. The van der Waals surface area contributed by atoms with Gasteiger partial charge in [0.05, 0.1) is 27.7 Å². The number of nitrogens with two attached hydrogens (primary N) is 1. The van der Waals surface area contributed by atoms with Crippen LogP contribution in [0.5, 0.6) is 0 Å². The first kappa shape index (κ1) is 16.4.